The molecule has 1 aromatic carbocycles. The summed E-state index contributed by atoms with van der Waals surface area (Å²) in [5.74, 6) is 0.199. The lowest BCUT2D eigenvalue weighted by atomic mass is 9.88. The summed E-state index contributed by atoms with van der Waals surface area (Å²) in [7, 11) is 1.43. The number of carbonyl (C=O) groups is 1. The Hall–Kier alpha value is -1.35. The van der Waals surface area contributed by atoms with E-state index in [1.165, 1.54) is 13.5 Å². The number of nitrogens with one attached hydrogen (secondary N) is 1. The van der Waals surface area contributed by atoms with Crippen LogP contribution in [-0.4, -0.2) is 26.2 Å². The molecule has 1 atom stereocenters. The molecule has 3 heteroatoms. The molecule has 1 aliphatic heterocycles. The highest BCUT2D eigenvalue weighted by Crippen LogP contribution is 2.26. The van der Waals surface area contributed by atoms with Gasteiger partial charge in [0.25, 0.3) is 0 Å². The molecule has 1 fully saturated rings. The first-order valence-corrected chi connectivity index (χ1v) is 5.71. The monoisotopic (exact) mass is 219 g/mol. The normalized spacial score (nSPS) is 20.4. The summed E-state index contributed by atoms with van der Waals surface area (Å²) < 4.78 is 4.81. The van der Waals surface area contributed by atoms with Crippen molar-refractivity contribution in [1.82, 2.24) is 5.32 Å². The Kier molecular flexibility index (Phi) is 3.57. The van der Waals surface area contributed by atoms with Gasteiger partial charge < -0.3 is 10.1 Å². The van der Waals surface area contributed by atoms with Gasteiger partial charge in [0.2, 0.25) is 0 Å². The van der Waals surface area contributed by atoms with Gasteiger partial charge in [-0.25, -0.2) is 4.79 Å². The highest BCUT2D eigenvalue weighted by Gasteiger charge is 2.20. The highest BCUT2D eigenvalue weighted by atomic mass is 16.5. The molecule has 0 spiro atoms. The van der Waals surface area contributed by atoms with E-state index in [-0.39, 0.29) is 5.97 Å². The molecule has 1 saturated heterocycles. The number of esters is 1. The van der Waals surface area contributed by atoms with Gasteiger partial charge in [0.1, 0.15) is 0 Å². The third kappa shape index (κ3) is 2.25. The van der Waals surface area contributed by atoms with Crippen molar-refractivity contribution < 1.29 is 9.53 Å². The Morgan fingerprint density at radius 2 is 2.25 bits per heavy atom. The molecule has 1 aliphatic rings. The molecular weight excluding hydrogens is 202 g/mol. The van der Waals surface area contributed by atoms with E-state index in [9.17, 15) is 4.79 Å². The van der Waals surface area contributed by atoms with Crippen LogP contribution in [0.5, 0.6) is 0 Å². The topological polar surface area (TPSA) is 38.3 Å². The van der Waals surface area contributed by atoms with Crippen LogP contribution in [0.4, 0.5) is 0 Å². The van der Waals surface area contributed by atoms with Crippen LogP contribution < -0.4 is 5.32 Å². The van der Waals surface area contributed by atoms with E-state index in [1.807, 2.05) is 24.3 Å². The van der Waals surface area contributed by atoms with Gasteiger partial charge in [-0.05, 0) is 36.9 Å². The fourth-order valence-electron chi connectivity index (χ4n) is 2.27. The molecule has 1 unspecified atom stereocenters. The van der Waals surface area contributed by atoms with E-state index in [2.05, 4.69) is 5.32 Å². The second-order valence-corrected chi connectivity index (χ2v) is 4.12. The van der Waals surface area contributed by atoms with E-state index < -0.39 is 0 Å². The molecule has 1 aromatic rings. The molecule has 0 amide bonds. The van der Waals surface area contributed by atoms with Crippen LogP contribution in [0.3, 0.4) is 0 Å². The van der Waals surface area contributed by atoms with Crippen molar-refractivity contribution in [3.63, 3.8) is 0 Å². The first kappa shape index (κ1) is 11.1. The predicted octanol–water partition coefficient (Wildman–Crippen LogP) is 1.94. The van der Waals surface area contributed by atoms with Crippen LogP contribution in [0.15, 0.2) is 24.3 Å². The average Bonchev–Trinajstić information content (AvgIpc) is 2.39. The maximum Gasteiger partial charge on any atom is 0.338 e. The standard InChI is InChI=1S/C13H17NO2/c1-16-13(15)12-7-3-2-6-11(12)10-5-4-8-14-9-10/h2-3,6-7,10,14H,4-5,8-9H2,1H3. The summed E-state index contributed by atoms with van der Waals surface area (Å²) >= 11 is 0. The first-order valence-electron chi connectivity index (χ1n) is 5.71. The number of benzene rings is 1. The number of hydrogen-bond donors (Lipinski definition) is 1. The molecule has 0 bridgehead atoms. The minimum Gasteiger partial charge on any atom is -0.465 e. The zero-order chi connectivity index (χ0) is 11.4. The molecule has 1 N–H and O–H groups in total. The summed E-state index contributed by atoms with van der Waals surface area (Å²) in [6, 6.07) is 7.74. The van der Waals surface area contributed by atoms with Crippen LogP contribution in [0.25, 0.3) is 0 Å². The molecule has 3 nitrogen and oxygen atoms in total. The van der Waals surface area contributed by atoms with Crippen LogP contribution in [0, 0.1) is 0 Å². The van der Waals surface area contributed by atoms with E-state index in [0.29, 0.717) is 11.5 Å². The van der Waals surface area contributed by atoms with Crippen molar-refractivity contribution in [1.29, 1.82) is 0 Å². The Morgan fingerprint density at radius 3 is 2.94 bits per heavy atom. The third-order valence-corrected chi connectivity index (χ3v) is 3.10. The number of piperidine rings is 1. The van der Waals surface area contributed by atoms with Crippen molar-refractivity contribution in [3.05, 3.63) is 35.4 Å². The summed E-state index contributed by atoms with van der Waals surface area (Å²) in [5, 5.41) is 3.37. The largest absolute Gasteiger partial charge is 0.465 e. The van der Waals surface area contributed by atoms with Crippen LogP contribution in [-0.2, 0) is 4.74 Å². The van der Waals surface area contributed by atoms with E-state index in [0.717, 1.165) is 25.1 Å². The van der Waals surface area contributed by atoms with Crippen molar-refractivity contribution in [3.8, 4) is 0 Å². The van der Waals surface area contributed by atoms with Gasteiger partial charge in [0, 0.05) is 6.54 Å². The van der Waals surface area contributed by atoms with E-state index in [4.69, 9.17) is 4.74 Å². The Bertz CT molecular complexity index is 370. The number of ether oxygens (including phenoxy) is 1. The van der Waals surface area contributed by atoms with Gasteiger partial charge in [-0.3, -0.25) is 0 Å². The van der Waals surface area contributed by atoms with E-state index >= 15 is 0 Å². The fraction of sp³-hybridized carbons (Fsp3) is 0.462. The van der Waals surface area contributed by atoms with Crippen LogP contribution >= 0.6 is 0 Å². The molecule has 16 heavy (non-hydrogen) atoms. The van der Waals surface area contributed by atoms with Crippen LogP contribution in [0.1, 0.15) is 34.7 Å². The number of methoxy groups -OCH3 is 1. The second kappa shape index (κ2) is 5.12. The second-order valence-electron chi connectivity index (χ2n) is 4.12. The Labute approximate surface area is 95.8 Å². The first-order chi connectivity index (χ1) is 7.83. The molecule has 1 heterocycles. The molecule has 0 radical (unpaired) electrons. The molecule has 0 aliphatic carbocycles. The molecule has 2 rings (SSSR count). The Morgan fingerprint density at radius 1 is 1.44 bits per heavy atom. The van der Waals surface area contributed by atoms with Crippen molar-refractivity contribution in [2.45, 2.75) is 18.8 Å². The summed E-state index contributed by atoms with van der Waals surface area (Å²) in [5.41, 5.74) is 1.82. The Balaban J connectivity index is 2.28. The number of carbonyl (C=O) groups excluding carboxylic acids is 1. The molecule has 0 saturated carbocycles. The maximum atomic E-state index is 11.6. The van der Waals surface area contributed by atoms with Crippen molar-refractivity contribution in [2.75, 3.05) is 20.2 Å². The quantitative estimate of drug-likeness (QED) is 0.772. The lowest BCUT2D eigenvalue weighted by Crippen LogP contribution is -2.29. The minimum atomic E-state index is -0.235. The average molecular weight is 219 g/mol. The smallest absolute Gasteiger partial charge is 0.338 e. The minimum absolute atomic E-state index is 0.235. The third-order valence-electron chi connectivity index (χ3n) is 3.10. The molecule has 0 aromatic heterocycles. The lowest BCUT2D eigenvalue weighted by Gasteiger charge is -2.24. The van der Waals surface area contributed by atoms with Gasteiger partial charge in [-0.2, -0.15) is 0 Å². The number of rotatable bonds is 2. The number of hydrogen-bond acceptors (Lipinski definition) is 3. The van der Waals surface area contributed by atoms with Gasteiger partial charge >= 0.3 is 5.97 Å². The lowest BCUT2D eigenvalue weighted by molar-refractivity contribution is 0.0598. The van der Waals surface area contributed by atoms with Gasteiger partial charge in [0.05, 0.1) is 12.7 Å². The summed E-state index contributed by atoms with van der Waals surface area (Å²) in [4.78, 5) is 11.6. The maximum absolute atomic E-state index is 11.6. The van der Waals surface area contributed by atoms with Gasteiger partial charge in [0.15, 0.2) is 0 Å². The predicted molar refractivity (Wildman–Crippen MR) is 62.6 cm³/mol. The van der Waals surface area contributed by atoms with Crippen molar-refractivity contribution >= 4 is 5.97 Å². The SMILES string of the molecule is COC(=O)c1ccccc1C1CCCNC1. The molecular formula is C13H17NO2. The zero-order valence-electron chi connectivity index (χ0n) is 9.53. The van der Waals surface area contributed by atoms with Gasteiger partial charge in [-0.1, -0.05) is 18.2 Å². The summed E-state index contributed by atoms with van der Waals surface area (Å²) in [6.45, 7) is 2.03. The van der Waals surface area contributed by atoms with Crippen molar-refractivity contribution in [2.24, 2.45) is 0 Å². The molecule has 86 valence electrons. The zero-order valence-corrected chi connectivity index (χ0v) is 9.53. The highest BCUT2D eigenvalue weighted by molar-refractivity contribution is 5.91. The van der Waals surface area contributed by atoms with Crippen LogP contribution in [0.2, 0.25) is 0 Å². The fourth-order valence-corrected chi connectivity index (χ4v) is 2.27. The van der Waals surface area contributed by atoms with Gasteiger partial charge in [-0.15, -0.1) is 0 Å². The van der Waals surface area contributed by atoms with E-state index in [1.54, 1.807) is 0 Å². The summed E-state index contributed by atoms with van der Waals surface area (Å²) in [6.07, 6.45) is 2.31.